The highest BCUT2D eigenvalue weighted by molar-refractivity contribution is 7.90. The van der Waals surface area contributed by atoms with E-state index in [-0.39, 0.29) is 18.1 Å². The van der Waals surface area contributed by atoms with Crippen molar-refractivity contribution < 1.29 is 16.8 Å². The van der Waals surface area contributed by atoms with Gasteiger partial charge in [0.2, 0.25) is 20.0 Å². The fraction of sp³-hybridized carbons (Fsp3) is 0.400. The molecule has 7 nitrogen and oxygen atoms in total. The molecule has 0 radical (unpaired) electrons. The largest absolute Gasteiger partial charge is 0.399 e. The van der Waals surface area contributed by atoms with Crippen molar-refractivity contribution in [1.82, 2.24) is 9.44 Å². The van der Waals surface area contributed by atoms with E-state index < -0.39 is 20.0 Å². The Bertz CT molecular complexity index is 609. The molecule has 4 N–H and O–H groups in total. The zero-order valence-electron chi connectivity index (χ0n) is 10.5. The Morgan fingerprint density at radius 3 is 2.16 bits per heavy atom. The molecule has 0 unspecified atom stereocenters. The molecule has 0 aliphatic carbocycles. The van der Waals surface area contributed by atoms with Crippen molar-refractivity contribution in [3.05, 3.63) is 29.8 Å². The number of hydrogen-bond acceptors (Lipinski definition) is 5. The molecule has 0 aromatic heterocycles. The molecule has 0 spiro atoms. The monoisotopic (exact) mass is 307 g/mol. The van der Waals surface area contributed by atoms with Gasteiger partial charge in [-0.05, 0) is 24.7 Å². The summed E-state index contributed by atoms with van der Waals surface area (Å²) >= 11 is 0. The molecule has 0 aliphatic rings. The molecule has 0 aliphatic heterocycles. The Balaban J connectivity index is 2.55. The van der Waals surface area contributed by atoms with Gasteiger partial charge in [0, 0.05) is 12.2 Å². The molecule has 108 valence electrons. The molecule has 0 heterocycles. The van der Waals surface area contributed by atoms with E-state index in [1.54, 1.807) is 24.3 Å². The van der Waals surface area contributed by atoms with Crippen molar-refractivity contribution >= 4 is 25.7 Å². The van der Waals surface area contributed by atoms with Crippen LogP contribution >= 0.6 is 0 Å². The molecule has 0 saturated heterocycles. The molecule has 1 rings (SSSR count). The number of rotatable bonds is 7. The SMILES string of the molecule is CNS(=O)(=O)CCNS(=O)(=O)Cc1ccc(N)cc1. The lowest BCUT2D eigenvalue weighted by molar-refractivity contribution is 0.578. The van der Waals surface area contributed by atoms with Crippen molar-refractivity contribution in [2.75, 3.05) is 25.1 Å². The third-order valence-corrected chi connectivity index (χ3v) is 5.06. The zero-order valence-corrected chi connectivity index (χ0v) is 12.1. The second kappa shape index (κ2) is 6.33. The highest BCUT2D eigenvalue weighted by atomic mass is 32.2. The molecule has 1 aromatic carbocycles. The Labute approximate surface area is 113 Å². The van der Waals surface area contributed by atoms with Crippen LogP contribution in [0, 0.1) is 0 Å². The summed E-state index contributed by atoms with van der Waals surface area (Å²) in [6, 6.07) is 6.43. The van der Waals surface area contributed by atoms with Crippen LogP contribution < -0.4 is 15.2 Å². The van der Waals surface area contributed by atoms with Gasteiger partial charge in [0.05, 0.1) is 11.5 Å². The molecule has 0 amide bonds. The highest BCUT2D eigenvalue weighted by Crippen LogP contribution is 2.08. The average molecular weight is 307 g/mol. The van der Waals surface area contributed by atoms with Crippen molar-refractivity contribution in [2.24, 2.45) is 0 Å². The number of sulfonamides is 2. The van der Waals surface area contributed by atoms with E-state index in [4.69, 9.17) is 5.73 Å². The molecule has 0 atom stereocenters. The Hall–Kier alpha value is -1.16. The number of anilines is 1. The topological polar surface area (TPSA) is 118 Å². The molecule has 0 fully saturated rings. The van der Waals surface area contributed by atoms with E-state index in [0.29, 0.717) is 11.3 Å². The van der Waals surface area contributed by atoms with Crippen LogP contribution in [0.2, 0.25) is 0 Å². The fourth-order valence-corrected chi connectivity index (χ4v) is 3.17. The molecule has 1 aromatic rings. The van der Waals surface area contributed by atoms with Gasteiger partial charge in [-0.15, -0.1) is 0 Å². The van der Waals surface area contributed by atoms with Gasteiger partial charge in [-0.25, -0.2) is 26.3 Å². The van der Waals surface area contributed by atoms with Gasteiger partial charge in [0.15, 0.2) is 0 Å². The van der Waals surface area contributed by atoms with Gasteiger partial charge < -0.3 is 5.73 Å². The van der Waals surface area contributed by atoms with Crippen molar-refractivity contribution in [1.29, 1.82) is 0 Å². The minimum Gasteiger partial charge on any atom is -0.399 e. The van der Waals surface area contributed by atoms with Crippen LogP contribution in [0.5, 0.6) is 0 Å². The van der Waals surface area contributed by atoms with Crippen LogP contribution in [0.4, 0.5) is 5.69 Å². The van der Waals surface area contributed by atoms with E-state index in [2.05, 4.69) is 9.44 Å². The average Bonchev–Trinajstić information content (AvgIpc) is 2.31. The smallest absolute Gasteiger partial charge is 0.215 e. The predicted octanol–water partition coefficient (Wildman–Crippen LogP) is -0.763. The quantitative estimate of drug-likeness (QED) is 0.572. The highest BCUT2D eigenvalue weighted by Gasteiger charge is 2.13. The summed E-state index contributed by atoms with van der Waals surface area (Å²) in [4.78, 5) is 0. The lowest BCUT2D eigenvalue weighted by Gasteiger charge is -2.07. The number of nitrogen functional groups attached to an aromatic ring is 1. The van der Waals surface area contributed by atoms with Gasteiger partial charge in [0.25, 0.3) is 0 Å². The van der Waals surface area contributed by atoms with Crippen LogP contribution in [-0.4, -0.2) is 36.2 Å². The van der Waals surface area contributed by atoms with Gasteiger partial charge in [-0.2, -0.15) is 0 Å². The summed E-state index contributed by atoms with van der Waals surface area (Å²) in [5.41, 5.74) is 6.63. The van der Waals surface area contributed by atoms with Gasteiger partial charge in [0.1, 0.15) is 0 Å². The van der Waals surface area contributed by atoms with Gasteiger partial charge in [-0.1, -0.05) is 12.1 Å². The van der Waals surface area contributed by atoms with E-state index in [1.165, 1.54) is 7.05 Å². The fourth-order valence-electron chi connectivity index (χ4n) is 1.32. The summed E-state index contributed by atoms with van der Waals surface area (Å²) in [5, 5.41) is 0. The van der Waals surface area contributed by atoms with Gasteiger partial charge >= 0.3 is 0 Å². The Morgan fingerprint density at radius 2 is 1.63 bits per heavy atom. The van der Waals surface area contributed by atoms with Crippen LogP contribution in [0.3, 0.4) is 0 Å². The second-order valence-electron chi connectivity index (χ2n) is 3.92. The molecule has 19 heavy (non-hydrogen) atoms. The first-order valence-electron chi connectivity index (χ1n) is 5.47. The first kappa shape index (κ1) is 15.9. The summed E-state index contributed by atoms with van der Waals surface area (Å²) in [7, 11) is -5.70. The van der Waals surface area contributed by atoms with Crippen molar-refractivity contribution in [3.63, 3.8) is 0 Å². The summed E-state index contributed by atoms with van der Waals surface area (Å²) in [6.45, 7) is -0.166. The standard InChI is InChI=1S/C10H17N3O4S2/c1-12-18(14,15)7-6-13-19(16,17)8-9-2-4-10(11)5-3-9/h2-5,12-13H,6-8,11H2,1H3. The maximum atomic E-state index is 11.7. The van der Waals surface area contributed by atoms with E-state index in [1.807, 2.05) is 0 Å². The minimum absolute atomic E-state index is 0.166. The molecule has 9 heteroatoms. The molecule has 0 bridgehead atoms. The number of nitrogens with two attached hydrogens (primary N) is 1. The maximum Gasteiger partial charge on any atom is 0.215 e. The van der Waals surface area contributed by atoms with Crippen LogP contribution in [0.1, 0.15) is 5.56 Å². The predicted molar refractivity (Wildman–Crippen MR) is 74.3 cm³/mol. The number of benzene rings is 1. The number of hydrogen-bond donors (Lipinski definition) is 3. The van der Waals surface area contributed by atoms with E-state index in [9.17, 15) is 16.8 Å². The molecular formula is C10H17N3O4S2. The van der Waals surface area contributed by atoms with E-state index in [0.717, 1.165) is 0 Å². The third-order valence-electron chi connectivity index (χ3n) is 2.34. The first-order chi connectivity index (χ1) is 8.74. The summed E-state index contributed by atoms with van der Waals surface area (Å²) in [5.74, 6) is -0.517. The normalized spacial score (nSPS) is 12.5. The molecule has 0 saturated carbocycles. The lowest BCUT2D eigenvalue weighted by Crippen LogP contribution is -2.33. The Kier molecular flexibility index (Phi) is 5.29. The Morgan fingerprint density at radius 1 is 1.05 bits per heavy atom. The number of nitrogens with one attached hydrogen (secondary N) is 2. The zero-order chi connectivity index (χ0) is 14.5. The minimum atomic E-state index is -3.56. The summed E-state index contributed by atoms with van der Waals surface area (Å²) in [6.07, 6.45) is 0. The van der Waals surface area contributed by atoms with E-state index >= 15 is 0 Å². The van der Waals surface area contributed by atoms with Crippen molar-refractivity contribution in [3.8, 4) is 0 Å². The summed E-state index contributed by atoms with van der Waals surface area (Å²) < 4.78 is 50.0. The van der Waals surface area contributed by atoms with Gasteiger partial charge in [-0.3, -0.25) is 0 Å². The second-order valence-corrected chi connectivity index (χ2v) is 7.77. The third kappa shape index (κ3) is 6.01. The first-order valence-corrected chi connectivity index (χ1v) is 8.77. The molecular weight excluding hydrogens is 290 g/mol. The van der Waals surface area contributed by atoms with Crippen molar-refractivity contribution in [2.45, 2.75) is 5.75 Å². The van der Waals surface area contributed by atoms with Crippen LogP contribution in [0.15, 0.2) is 24.3 Å². The maximum absolute atomic E-state index is 11.7. The van der Waals surface area contributed by atoms with Crippen LogP contribution in [0.25, 0.3) is 0 Å². The van der Waals surface area contributed by atoms with Crippen LogP contribution in [-0.2, 0) is 25.8 Å². The lowest BCUT2D eigenvalue weighted by atomic mass is 10.2.